The third-order valence-electron chi connectivity index (χ3n) is 4.15. The van der Waals surface area contributed by atoms with Crippen LogP contribution in [0.2, 0.25) is 0 Å². The Morgan fingerprint density at radius 3 is 2.63 bits per heavy atom. The second kappa shape index (κ2) is 9.62. The van der Waals surface area contributed by atoms with E-state index >= 15 is 0 Å². The van der Waals surface area contributed by atoms with Crippen molar-refractivity contribution in [3.63, 3.8) is 0 Å². The molecular weight excluding hydrogens is 344 g/mol. The molecule has 2 rings (SSSR count). The van der Waals surface area contributed by atoms with E-state index in [1.54, 1.807) is 24.3 Å². The van der Waals surface area contributed by atoms with Gasteiger partial charge in [-0.3, -0.25) is 4.79 Å². The van der Waals surface area contributed by atoms with E-state index in [0.29, 0.717) is 5.75 Å². The van der Waals surface area contributed by atoms with Crippen LogP contribution < -0.4 is 15.0 Å². The number of hydrogen-bond acceptors (Lipinski definition) is 4. The highest BCUT2D eigenvalue weighted by atomic mass is 16.5. The average Bonchev–Trinajstić information content (AvgIpc) is 2.64. The highest BCUT2D eigenvalue weighted by Crippen LogP contribution is 2.23. The van der Waals surface area contributed by atoms with Gasteiger partial charge >= 0.3 is 5.97 Å². The van der Waals surface area contributed by atoms with Gasteiger partial charge in [-0.1, -0.05) is 25.5 Å². The fourth-order valence-corrected chi connectivity index (χ4v) is 2.62. The van der Waals surface area contributed by atoms with Crippen molar-refractivity contribution >= 4 is 23.3 Å². The molecule has 0 fully saturated rings. The summed E-state index contributed by atoms with van der Waals surface area (Å²) in [6.45, 7) is 4.69. The number of carbonyl (C=O) groups excluding carboxylic acids is 1. The summed E-state index contributed by atoms with van der Waals surface area (Å²) in [7, 11) is 1.92. The molecular formula is C21H26N2O4. The lowest BCUT2D eigenvalue weighted by Gasteiger charge is -2.20. The zero-order chi connectivity index (χ0) is 19.8. The minimum absolute atomic E-state index is 0.0553. The highest BCUT2D eigenvalue weighted by Gasteiger charge is 2.15. The predicted octanol–water partition coefficient (Wildman–Crippen LogP) is 3.95. The summed E-state index contributed by atoms with van der Waals surface area (Å²) in [6, 6.07) is 12.4. The van der Waals surface area contributed by atoms with Crippen molar-refractivity contribution in [2.24, 2.45) is 0 Å². The first-order chi connectivity index (χ1) is 12.9. The maximum Gasteiger partial charge on any atom is 0.337 e. The van der Waals surface area contributed by atoms with E-state index in [1.165, 1.54) is 0 Å². The Morgan fingerprint density at radius 1 is 1.19 bits per heavy atom. The van der Waals surface area contributed by atoms with Gasteiger partial charge in [0.15, 0.2) is 6.61 Å². The topological polar surface area (TPSA) is 78.9 Å². The van der Waals surface area contributed by atoms with Crippen molar-refractivity contribution in [3.05, 3.63) is 53.6 Å². The fourth-order valence-electron chi connectivity index (χ4n) is 2.62. The molecule has 0 saturated heterocycles. The van der Waals surface area contributed by atoms with E-state index in [2.05, 4.69) is 12.2 Å². The van der Waals surface area contributed by atoms with Crippen LogP contribution in [0.3, 0.4) is 0 Å². The quantitative estimate of drug-likeness (QED) is 0.699. The Kier molecular flexibility index (Phi) is 7.23. The molecule has 2 aromatic rings. The monoisotopic (exact) mass is 370 g/mol. The highest BCUT2D eigenvalue weighted by molar-refractivity contribution is 6.01. The first-order valence-corrected chi connectivity index (χ1v) is 8.98. The van der Waals surface area contributed by atoms with E-state index in [4.69, 9.17) is 4.74 Å². The largest absolute Gasteiger partial charge is 0.484 e. The number of carbonyl (C=O) groups is 2. The van der Waals surface area contributed by atoms with Crippen molar-refractivity contribution in [2.45, 2.75) is 26.7 Å². The standard InChI is InChI=1S/C21H26N2O4/c1-4-5-11-23(3)16-9-10-19(18(13-16)21(25)26)22-20(24)14-27-17-8-6-7-15(2)12-17/h6-10,12-13H,4-5,11,14H2,1-3H3,(H,22,24)(H,25,26). The SMILES string of the molecule is CCCCN(C)c1ccc(NC(=O)COc2cccc(C)c2)c(C(=O)O)c1. The number of benzene rings is 2. The number of rotatable bonds is 9. The molecule has 0 saturated carbocycles. The van der Waals surface area contributed by atoms with E-state index in [0.717, 1.165) is 30.6 Å². The number of ether oxygens (including phenoxy) is 1. The molecule has 2 N–H and O–H groups in total. The van der Waals surface area contributed by atoms with Gasteiger partial charge in [0.1, 0.15) is 5.75 Å². The lowest BCUT2D eigenvalue weighted by atomic mass is 10.1. The Hall–Kier alpha value is -3.02. The van der Waals surface area contributed by atoms with Gasteiger partial charge in [-0.05, 0) is 49.2 Å². The summed E-state index contributed by atoms with van der Waals surface area (Å²) >= 11 is 0. The number of aryl methyl sites for hydroxylation is 1. The minimum Gasteiger partial charge on any atom is -0.484 e. The number of nitrogens with zero attached hydrogens (tertiary/aromatic N) is 1. The van der Waals surface area contributed by atoms with Gasteiger partial charge in [-0.25, -0.2) is 4.79 Å². The van der Waals surface area contributed by atoms with Crippen LogP contribution in [-0.4, -0.2) is 37.2 Å². The molecule has 0 aliphatic carbocycles. The number of nitrogens with one attached hydrogen (secondary N) is 1. The van der Waals surface area contributed by atoms with Crippen LogP contribution in [-0.2, 0) is 4.79 Å². The van der Waals surface area contributed by atoms with Gasteiger partial charge in [-0.2, -0.15) is 0 Å². The fraction of sp³-hybridized carbons (Fsp3) is 0.333. The van der Waals surface area contributed by atoms with E-state index in [1.807, 2.05) is 37.1 Å². The van der Waals surface area contributed by atoms with Crippen LogP contribution >= 0.6 is 0 Å². The van der Waals surface area contributed by atoms with Crippen molar-refractivity contribution in [3.8, 4) is 5.75 Å². The van der Waals surface area contributed by atoms with Crippen molar-refractivity contribution < 1.29 is 19.4 Å². The molecule has 2 aromatic carbocycles. The van der Waals surface area contributed by atoms with Crippen molar-refractivity contribution in [2.75, 3.05) is 30.4 Å². The Balaban J connectivity index is 2.05. The zero-order valence-electron chi connectivity index (χ0n) is 16.0. The number of hydrogen-bond donors (Lipinski definition) is 2. The molecule has 144 valence electrons. The Morgan fingerprint density at radius 2 is 1.96 bits per heavy atom. The molecule has 1 amide bonds. The maximum atomic E-state index is 12.2. The maximum absolute atomic E-state index is 12.2. The van der Waals surface area contributed by atoms with Crippen molar-refractivity contribution in [1.29, 1.82) is 0 Å². The lowest BCUT2D eigenvalue weighted by Crippen LogP contribution is -2.22. The number of carboxylic acids is 1. The Labute approximate surface area is 159 Å². The average molecular weight is 370 g/mol. The summed E-state index contributed by atoms with van der Waals surface area (Å²) in [5.74, 6) is -0.904. The van der Waals surface area contributed by atoms with Crippen LogP contribution in [0.5, 0.6) is 5.75 Å². The van der Waals surface area contributed by atoms with Crippen LogP contribution in [0.15, 0.2) is 42.5 Å². The van der Waals surface area contributed by atoms with E-state index in [9.17, 15) is 14.7 Å². The lowest BCUT2D eigenvalue weighted by molar-refractivity contribution is -0.118. The summed E-state index contributed by atoms with van der Waals surface area (Å²) in [5, 5.41) is 12.1. The molecule has 0 atom stereocenters. The summed E-state index contributed by atoms with van der Waals surface area (Å²) in [6.07, 6.45) is 2.08. The van der Waals surface area contributed by atoms with Gasteiger partial charge in [-0.15, -0.1) is 0 Å². The molecule has 27 heavy (non-hydrogen) atoms. The first kappa shape index (κ1) is 20.3. The first-order valence-electron chi connectivity index (χ1n) is 8.98. The van der Waals surface area contributed by atoms with E-state index < -0.39 is 11.9 Å². The molecule has 0 heterocycles. The minimum atomic E-state index is -1.09. The molecule has 0 aromatic heterocycles. The van der Waals surface area contributed by atoms with Crippen LogP contribution in [0.25, 0.3) is 0 Å². The van der Waals surface area contributed by atoms with Gasteiger partial charge in [0, 0.05) is 19.3 Å². The van der Waals surface area contributed by atoms with Gasteiger partial charge in [0.25, 0.3) is 5.91 Å². The Bertz CT molecular complexity index is 805. The van der Waals surface area contributed by atoms with Crippen molar-refractivity contribution in [1.82, 2.24) is 0 Å². The van der Waals surface area contributed by atoms with Crippen LogP contribution in [0.1, 0.15) is 35.7 Å². The third-order valence-corrected chi connectivity index (χ3v) is 4.15. The summed E-state index contributed by atoms with van der Waals surface area (Å²) in [4.78, 5) is 25.8. The molecule has 0 aliphatic heterocycles. The third kappa shape index (κ3) is 6.02. The van der Waals surface area contributed by atoms with Gasteiger partial charge < -0.3 is 20.1 Å². The molecule has 0 aliphatic rings. The zero-order valence-corrected chi connectivity index (χ0v) is 16.0. The smallest absolute Gasteiger partial charge is 0.337 e. The molecule has 0 unspecified atom stereocenters. The number of amides is 1. The molecule has 0 spiro atoms. The van der Waals surface area contributed by atoms with Crippen LogP contribution in [0, 0.1) is 6.92 Å². The second-order valence-corrected chi connectivity index (χ2v) is 6.46. The number of unbranched alkanes of at least 4 members (excludes halogenated alkanes) is 1. The van der Waals surface area contributed by atoms with Crippen LogP contribution in [0.4, 0.5) is 11.4 Å². The summed E-state index contributed by atoms with van der Waals surface area (Å²) < 4.78 is 5.46. The number of anilines is 2. The molecule has 0 bridgehead atoms. The second-order valence-electron chi connectivity index (χ2n) is 6.46. The number of carboxylic acid groups (broad SMARTS) is 1. The normalized spacial score (nSPS) is 10.3. The molecule has 6 heteroatoms. The molecule has 6 nitrogen and oxygen atoms in total. The molecule has 0 radical (unpaired) electrons. The van der Waals surface area contributed by atoms with Gasteiger partial charge in [0.2, 0.25) is 0 Å². The summed E-state index contributed by atoms with van der Waals surface area (Å²) in [5.41, 5.74) is 2.14. The predicted molar refractivity (Wildman–Crippen MR) is 107 cm³/mol. The number of aromatic carboxylic acids is 1. The van der Waals surface area contributed by atoms with Gasteiger partial charge in [0.05, 0.1) is 11.3 Å². The van der Waals surface area contributed by atoms with E-state index in [-0.39, 0.29) is 17.9 Å².